The molecule has 0 amide bonds. The Kier molecular flexibility index (Phi) is 7.46. The van der Waals surface area contributed by atoms with Gasteiger partial charge < -0.3 is 0 Å². The second-order valence-electron chi connectivity index (χ2n) is 9.51. The van der Waals surface area contributed by atoms with Gasteiger partial charge in [-0.3, -0.25) is 0 Å². The van der Waals surface area contributed by atoms with Gasteiger partial charge >= 0.3 is 0 Å². The van der Waals surface area contributed by atoms with Crippen LogP contribution >= 0.6 is 78.8 Å². The van der Waals surface area contributed by atoms with Gasteiger partial charge in [0, 0.05) is 60.6 Å². The summed E-state index contributed by atoms with van der Waals surface area (Å²) >= 11 is 16.2. The van der Waals surface area contributed by atoms with Crippen LogP contribution in [0.3, 0.4) is 0 Å². The number of rotatable bonds is 4. The molecule has 0 saturated heterocycles. The maximum Gasteiger partial charge on any atom is 0.0379 e. The van der Waals surface area contributed by atoms with Gasteiger partial charge in [0.15, 0.2) is 0 Å². The number of benzene rings is 5. The quantitative estimate of drug-likeness (QED) is 0.166. The van der Waals surface area contributed by atoms with Crippen molar-refractivity contribution >= 4 is 99.8 Å². The predicted octanol–water partition coefficient (Wildman–Crippen LogP) is 14.3. The molecule has 5 aromatic carbocycles. The molecule has 0 N–H and O–H groups in total. The Morgan fingerprint density at radius 2 is 0.750 bits per heavy atom. The summed E-state index contributed by atoms with van der Waals surface area (Å²) < 4.78 is 4.55. The normalized spacial score (nSPS) is 12.4. The highest BCUT2D eigenvalue weighted by molar-refractivity contribution is 9.11. The van der Waals surface area contributed by atoms with E-state index in [0.717, 1.165) is 8.95 Å². The number of hydrogen-bond acceptors (Lipinski definition) is 0. The molecule has 7 aromatic rings. The van der Waals surface area contributed by atoms with Crippen LogP contribution in [0.25, 0.3) is 53.3 Å². The van der Waals surface area contributed by atoms with Gasteiger partial charge in [0.05, 0.1) is 0 Å². The van der Waals surface area contributed by atoms with Crippen molar-refractivity contribution in [2.24, 2.45) is 0 Å². The molecule has 6 heteroatoms. The van der Waals surface area contributed by atoms with E-state index >= 15 is 0 Å². The maximum absolute atomic E-state index is 4.05. The molecule has 0 aliphatic rings. The Hall–Kier alpha value is -1.90. The molecule has 2 unspecified atom stereocenters. The zero-order valence-corrected chi connectivity index (χ0v) is 29.1. The van der Waals surface area contributed by atoms with Crippen LogP contribution in [0.5, 0.6) is 0 Å². The molecule has 0 bridgehead atoms. The molecule has 0 radical (unpaired) electrons. The standard InChI is InChI=1S/C34H20Br4P2/c35-27-20-26(34-32(38)24-16-8-10-18-30(24)40(34)22-13-5-2-6-14-22)28(36)19-25(27)33-31(37)23-15-7-9-17-29(23)39(33)21-11-3-1-4-12-21/h1-20H. The lowest BCUT2D eigenvalue weighted by molar-refractivity contribution is 1.58. The number of hydrogen-bond donors (Lipinski definition) is 0. The average molecular weight is 810 g/mol. The van der Waals surface area contributed by atoms with Crippen molar-refractivity contribution in [1.82, 2.24) is 0 Å². The van der Waals surface area contributed by atoms with Crippen molar-refractivity contribution in [2.45, 2.75) is 0 Å². The van der Waals surface area contributed by atoms with Gasteiger partial charge in [0.2, 0.25) is 0 Å². The average Bonchev–Trinajstić information content (AvgIpc) is 3.46. The van der Waals surface area contributed by atoms with Gasteiger partial charge in [-0.05, 0) is 66.7 Å². The first-order chi connectivity index (χ1) is 19.5. The van der Waals surface area contributed by atoms with E-state index in [9.17, 15) is 0 Å². The first-order valence-corrected chi connectivity index (χ1v) is 18.6. The third-order valence-corrected chi connectivity index (χ3v) is 16.0. The molecule has 7 rings (SSSR count). The molecule has 2 aromatic heterocycles. The smallest absolute Gasteiger partial charge is 0.0379 e. The summed E-state index contributed by atoms with van der Waals surface area (Å²) in [6, 6.07) is 44.0. The van der Waals surface area contributed by atoms with E-state index in [-0.39, 0.29) is 0 Å². The van der Waals surface area contributed by atoms with E-state index < -0.39 is 15.1 Å². The zero-order chi connectivity index (χ0) is 27.4. The van der Waals surface area contributed by atoms with E-state index in [1.807, 2.05) is 0 Å². The van der Waals surface area contributed by atoms with Crippen molar-refractivity contribution in [2.75, 3.05) is 0 Å². The Balaban J connectivity index is 1.51. The van der Waals surface area contributed by atoms with Crippen LogP contribution in [0.2, 0.25) is 0 Å². The summed E-state index contributed by atoms with van der Waals surface area (Å²) in [6.45, 7) is 0. The summed E-state index contributed by atoms with van der Waals surface area (Å²) in [4.78, 5) is 0. The van der Waals surface area contributed by atoms with Crippen LogP contribution in [0, 0.1) is 0 Å². The topological polar surface area (TPSA) is 0 Å². The van der Waals surface area contributed by atoms with Crippen LogP contribution in [0.15, 0.2) is 139 Å². The third-order valence-electron chi connectivity index (χ3n) is 7.22. The molecule has 0 aliphatic heterocycles. The minimum atomic E-state index is -0.711. The van der Waals surface area contributed by atoms with E-state index in [1.165, 1.54) is 62.3 Å². The lowest BCUT2D eigenvalue weighted by Crippen LogP contribution is -1.85. The van der Waals surface area contributed by atoms with E-state index in [2.05, 4.69) is 185 Å². The SMILES string of the molecule is Brc1cc(-c2c(Br)c3ccccc3p2-c2ccccc2)c(Br)cc1-c1c(Br)c2ccccc2p1-c1ccccc1. The molecule has 0 aliphatic carbocycles. The molecule has 0 fully saturated rings. The first-order valence-electron chi connectivity index (χ1n) is 12.7. The van der Waals surface area contributed by atoms with Gasteiger partial charge in [0.25, 0.3) is 0 Å². The summed E-state index contributed by atoms with van der Waals surface area (Å²) in [7, 11) is -1.42. The summed E-state index contributed by atoms with van der Waals surface area (Å²) in [5.41, 5.74) is 2.43. The lowest BCUT2D eigenvalue weighted by Gasteiger charge is -2.15. The Labute approximate surface area is 269 Å². The van der Waals surface area contributed by atoms with Gasteiger partial charge in [0.1, 0.15) is 0 Å². The molecule has 0 nitrogen and oxygen atoms in total. The minimum absolute atomic E-state index is 0.711. The lowest BCUT2D eigenvalue weighted by atomic mass is 10.1. The molecule has 2 atom stereocenters. The van der Waals surface area contributed by atoms with Gasteiger partial charge in [-0.25, -0.2) is 0 Å². The summed E-state index contributed by atoms with van der Waals surface area (Å²) in [5.74, 6) is 0. The second kappa shape index (κ2) is 11.1. The monoisotopic (exact) mass is 806 g/mol. The van der Waals surface area contributed by atoms with E-state index in [4.69, 9.17) is 0 Å². The first kappa shape index (κ1) is 27.0. The molecular weight excluding hydrogens is 790 g/mol. The van der Waals surface area contributed by atoms with Crippen molar-refractivity contribution in [3.8, 4) is 32.3 Å². The van der Waals surface area contributed by atoms with Crippen LogP contribution in [0.4, 0.5) is 0 Å². The van der Waals surface area contributed by atoms with Crippen molar-refractivity contribution in [1.29, 1.82) is 0 Å². The van der Waals surface area contributed by atoms with E-state index in [0.29, 0.717) is 0 Å². The zero-order valence-electron chi connectivity index (χ0n) is 21.0. The number of fused-ring (bicyclic) bond motifs is 2. The summed E-state index contributed by atoms with van der Waals surface area (Å²) in [5, 5.41) is 10.7. The highest BCUT2D eigenvalue weighted by Gasteiger charge is 2.25. The Morgan fingerprint density at radius 3 is 1.15 bits per heavy atom. The molecule has 194 valence electrons. The van der Waals surface area contributed by atoms with Crippen LogP contribution < -0.4 is 0 Å². The fourth-order valence-corrected chi connectivity index (χ4v) is 14.7. The molecule has 0 saturated carbocycles. The maximum atomic E-state index is 4.05. The molecule has 0 spiro atoms. The van der Waals surface area contributed by atoms with Crippen LogP contribution in [-0.4, -0.2) is 0 Å². The highest BCUT2D eigenvalue weighted by Crippen LogP contribution is 2.63. The van der Waals surface area contributed by atoms with Gasteiger partial charge in [-0.15, -0.1) is 0 Å². The van der Waals surface area contributed by atoms with Crippen molar-refractivity contribution in [3.05, 3.63) is 139 Å². The molecular formula is C34H20Br4P2. The fourth-order valence-electron chi connectivity index (χ4n) is 5.48. The highest BCUT2D eigenvalue weighted by atomic mass is 79.9. The third kappa shape index (κ3) is 4.44. The number of halogens is 4. The Bertz CT molecular complexity index is 1890. The van der Waals surface area contributed by atoms with Crippen molar-refractivity contribution in [3.63, 3.8) is 0 Å². The summed E-state index contributed by atoms with van der Waals surface area (Å²) in [6.07, 6.45) is 0. The van der Waals surface area contributed by atoms with Gasteiger partial charge in [-0.1, -0.05) is 144 Å². The largest absolute Gasteiger partial charge is 0.0760 e. The minimum Gasteiger partial charge on any atom is -0.0760 e. The van der Waals surface area contributed by atoms with Crippen LogP contribution in [0.1, 0.15) is 0 Å². The van der Waals surface area contributed by atoms with E-state index in [1.54, 1.807) is 0 Å². The fraction of sp³-hybridized carbons (Fsp3) is 0. The Morgan fingerprint density at radius 1 is 0.400 bits per heavy atom. The molecule has 2 heterocycles. The van der Waals surface area contributed by atoms with Crippen LogP contribution in [-0.2, 0) is 0 Å². The predicted molar refractivity (Wildman–Crippen MR) is 191 cm³/mol. The second-order valence-corrected chi connectivity index (χ2v) is 17.0. The van der Waals surface area contributed by atoms with Crippen molar-refractivity contribution < 1.29 is 0 Å². The van der Waals surface area contributed by atoms with Gasteiger partial charge in [-0.2, -0.15) is 0 Å². The molecule has 40 heavy (non-hydrogen) atoms.